The number of alkyl halides is 2. The SMILES string of the molecule is Cc1ccn(CC(F)(F)CN)n1. The van der Waals surface area contributed by atoms with E-state index in [9.17, 15) is 8.78 Å². The molecule has 68 valence electrons. The Balaban J connectivity index is 2.63. The number of aryl methyl sites for hydroxylation is 1. The number of aromatic nitrogens is 2. The third kappa shape index (κ3) is 2.27. The van der Waals surface area contributed by atoms with Crippen LogP contribution in [0.4, 0.5) is 8.78 Å². The number of nitrogens with zero attached hydrogens (tertiary/aromatic N) is 2. The van der Waals surface area contributed by atoms with Crippen molar-refractivity contribution < 1.29 is 8.78 Å². The first-order chi connectivity index (χ1) is 5.53. The van der Waals surface area contributed by atoms with Gasteiger partial charge in [0.15, 0.2) is 0 Å². The van der Waals surface area contributed by atoms with Crippen molar-refractivity contribution in [3.63, 3.8) is 0 Å². The summed E-state index contributed by atoms with van der Waals surface area (Å²) in [4.78, 5) is 0. The highest BCUT2D eigenvalue weighted by atomic mass is 19.3. The third-order valence-corrected chi connectivity index (χ3v) is 1.47. The van der Waals surface area contributed by atoms with Gasteiger partial charge in [0.1, 0.15) is 6.54 Å². The predicted octanol–water partition coefficient (Wildman–Crippen LogP) is 0.786. The summed E-state index contributed by atoms with van der Waals surface area (Å²) in [5.74, 6) is -2.86. The highest BCUT2D eigenvalue weighted by Crippen LogP contribution is 2.13. The van der Waals surface area contributed by atoms with Gasteiger partial charge in [-0.15, -0.1) is 0 Å². The molecule has 1 aromatic rings. The molecular weight excluding hydrogens is 164 g/mol. The molecule has 0 fully saturated rings. The highest BCUT2D eigenvalue weighted by Gasteiger charge is 2.27. The van der Waals surface area contributed by atoms with Crippen LogP contribution in [0.1, 0.15) is 5.69 Å². The summed E-state index contributed by atoms with van der Waals surface area (Å²) < 4.78 is 26.5. The van der Waals surface area contributed by atoms with Gasteiger partial charge < -0.3 is 5.73 Å². The van der Waals surface area contributed by atoms with Crippen molar-refractivity contribution >= 4 is 0 Å². The average molecular weight is 175 g/mol. The second-order valence-corrected chi connectivity index (χ2v) is 2.71. The quantitative estimate of drug-likeness (QED) is 0.737. The molecule has 0 spiro atoms. The lowest BCUT2D eigenvalue weighted by Crippen LogP contribution is -2.33. The van der Waals surface area contributed by atoms with Crippen LogP contribution in [0, 0.1) is 6.92 Å². The number of hydrogen-bond donors (Lipinski definition) is 1. The fourth-order valence-corrected chi connectivity index (χ4v) is 0.853. The average Bonchev–Trinajstić information content (AvgIpc) is 2.35. The normalized spacial score (nSPS) is 12.0. The molecule has 0 aromatic carbocycles. The molecule has 0 atom stereocenters. The minimum absolute atomic E-state index is 0.447. The molecule has 0 unspecified atom stereocenters. The van der Waals surface area contributed by atoms with Gasteiger partial charge in [0.05, 0.1) is 12.2 Å². The van der Waals surface area contributed by atoms with E-state index in [4.69, 9.17) is 5.73 Å². The molecule has 5 heteroatoms. The summed E-state index contributed by atoms with van der Waals surface area (Å²) in [6.45, 7) is 0.653. The largest absolute Gasteiger partial charge is 0.325 e. The van der Waals surface area contributed by atoms with Gasteiger partial charge in [-0.2, -0.15) is 5.10 Å². The smallest absolute Gasteiger partial charge is 0.279 e. The van der Waals surface area contributed by atoms with Crippen LogP contribution in [0.3, 0.4) is 0 Å². The van der Waals surface area contributed by atoms with Crippen molar-refractivity contribution in [3.05, 3.63) is 18.0 Å². The summed E-state index contributed by atoms with van der Waals surface area (Å²) in [7, 11) is 0. The zero-order valence-corrected chi connectivity index (χ0v) is 6.80. The van der Waals surface area contributed by atoms with Crippen LogP contribution < -0.4 is 5.73 Å². The zero-order valence-electron chi connectivity index (χ0n) is 6.80. The van der Waals surface area contributed by atoms with Gasteiger partial charge >= 0.3 is 0 Å². The summed E-state index contributed by atoms with van der Waals surface area (Å²) >= 11 is 0. The van der Waals surface area contributed by atoms with Crippen molar-refractivity contribution in [1.82, 2.24) is 9.78 Å². The lowest BCUT2D eigenvalue weighted by molar-refractivity contribution is -0.00984. The molecule has 0 bridgehead atoms. The monoisotopic (exact) mass is 175 g/mol. The van der Waals surface area contributed by atoms with Crippen LogP contribution in [0.25, 0.3) is 0 Å². The van der Waals surface area contributed by atoms with Gasteiger partial charge in [-0.3, -0.25) is 4.68 Å². The van der Waals surface area contributed by atoms with Crippen LogP contribution in [-0.2, 0) is 6.54 Å². The number of rotatable bonds is 3. The number of nitrogens with two attached hydrogens (primary N) is 1. The van der Waals surface area contributed by atoms with Gasteiger partial charge in [0.2, 0.25) is 0 Å². The van der Waals surface area contributed by atoms with Crippen molar-refractivity contribution in [2.75, 3.05) is 6.54 Å². The van der Waals surface area contributed by atoms with Crippen molar-refractivity contribution in [2.45, 2.75) is 19.4 Å². The fraction of sp³-hybridized carbons (Fsp3) is 0.571. The molecule has 0 aliphatic heterocycles. The Bertz CT molecular complexity index is 257. The Morgan fingerprint density at radius 3 is 2.75 bits per heavy atom. The van der Waals surface area contributed by atoms with E-state index in [0.29, 0.717) is 0 Å². The minimum Gasteiger partial charge on any atom is -0.325 e. The van der Waals surface area contributed by atoms with Crippen LogP contribution in [0.5, 0.6) is 0 Å². The molecule has 3 nitrogen and oxygen atoms in total. The van der Waals surface area contributed by atoms with E-state index in [1.807, 2.05) is 0 Å². The van der Waals surface area contributed by atoms with Crippen LogP contribution >= 0.6 is 0 Å². The van der Waals surface area contributed by atoms with Crippen molar-refractivity contribution in [3.8, 4) is 0 Å². The zero-order chi connectivity index (χ0) is 9.19. The van der Waals surface area contributed by atoms with Crippen molar-refractivity contribution in [2.24, 2.45) is 5.73 Å². The van der Waals surface area contributed by atoms with Crippen LogP contribution in [0.15, 0.2) is 12.3 Å². The molecule has 1 heterocycles. The Hall–Kier alpha value is -0.970. The predicted molar refractivity (Wildman–Crippen MR) is 41.0 cm³/mol. The fourth-order valence-electron chi connectivity index (χ4n) is 0.853. The van der Waals surface area contributed by atoms with Gasteiger partial charge in [0.25, 0.3) is 5.92 Å². The highest BCUT2D eigenvalue weighted by molar-refractivity contribution is 4.95. The standard InChI is InChI=1S/C7H11F2N3/c1-6-2-3-12(11-6)5-7(8,9)4-10/h2-3H,4-5,10H2,1H3. The Morgan fingerprint density at radius 2 is 2.33 bits per heavy atom. The van der Waals surface area contributed by atoms with E-state index < -0.39 is 19.0 Å². The third-order valence-electron chi connectivity index (χ3n) is 1.47. The molecule has 12 heavy (non-hydrogen) atoms. The summed E-state index contributed by atoms with van der Waals surface area (Å²) in [5, 5.41) is 3.82. The van der Waals surface area contributed by atoms with Gasteiger partial charge in [-0.05, 0) is 13.0 Å². The molecule has 0 amide bonds. The Kier molecular flexibility index (Phi) is 2.42. The summed E-state index contributed by atoms with van der Waals surface area (Å²) in [5.41, 5.74) is 5.59. The first-order valence-electron chi connectivity index (χ1n) is 3.61. The van der Waals surface area contributed by atoms with Gasteiger partial charge in [0, 0.05) is 6.20 Å². The summed E-state index contributed by atoms with van der Waals surface area (Å²) in [6, 6.07) is 1.67. The first kappa shape index (κ1) is 9.12. The molecule has 0 saturated heterocycles. The van der Waals surface area contributed by atoms with E-state index in [1.165, 1.54) is 10.9 Å². The lowest BCUT2D eigenvalue weighted by atomic mass is 10.3. The van der Waals surface area contributed by atoms with Gasteiger partial charge in [-0.25, -0.2) is 8.78 Å². The molecule has 1 aromatic heterocycles. The number of halogens is 2. The maximum atomic E-state index is 12.7. The molecule has 1 rings (SSSR count). The van der Waals surface area contributed by atoms with Crippen LogP contribution in [0.2, 0.25) is 0 Å². The Morgan fingerprint density at radius 1 is 1.67 bits per heavy atom. The van der Waals surface area contributed by atoms with Crippen molar-refractivity contribution in [1.29, 1.82) is 0 Å². The van der Waals surface area contributed by atoms with E-state index in [2.05, 4.69) is 5.10 Å². The summed E-state index contributed by atoms with van der Waals surface area (Å²) in [6.07, 6.45) is 1.51. The van der Waals surface area contributed by atoms with E-state index >= 15 is 0 Å². The van der Waals surface area contributed by atoms with E-state index in [0.717, 1.165) is 5.69 Å². The maximum Gasteiger partial charge on any atom is 0.279 e. The lowest BCUT2D eigenvalue weighted by Gasteiger charge is -2.12. The molecule has 0 aliphatic rings. The molecule has 0 aliphatic carbocycles. The number of hydrogen-bond acceptors (Lipinski definition) is 2. The topological polar surface area (TPSA) is 43.8 Å². The first-order valence-corrected chi connectivity index (χ1v) is 3.61. The Labute approximate surface area is 69.2 Å². The molecule has 2 N–H and O–H groups in total. The minimum atomic E-state index is -2.86. The second kappa shape index (κ2) is 3.18. The molecule has 0 radical (unpaired) electrons. The van der Waals surface area contributed by atoms with Crippen LogP contribution in [-0.4, -0.2) is 22.2 Å². The molecular formula is C7H11F2N3. The van der Waals surface area contributed by atoms with Gasteiger partial charge in [-0.1, -0.05) is 0 Å². The van der Waals surface area contributed by atoms with E-state index in [1.54, 1.807) is 13.0 Å². The maximum absolute atomic E-state index is 12.7. The van der Waals surface area contributed by atoms with E-state index in [-0.39, 0.29) is 0 Å². The molecule has 0 saturated carbocycles. The second-order valence-electron chi connectivity index (χ2n) is 2.71.